The van der Waals surface area contributed by atoms with Crippen molar-refractivity contribution in [2.75, 3.05) is 40.3 Å². The normalized spacial score (nSPS) is 22.2. The van der Waals surface area contributed by atoms with Gasteiger partial charge in [0.2, 0.25) is 0 Å². The Morgan fingerprint density at radius 3 is 3.05 bits per heavy atom. The molecule has 2 rings (SSSR count). The molecule has 2 heterocycles. The predicted molar refractivity (Wildman–Crippen MR) is 83.9 cm³/mol. The second-order valence-electron chi connectivity index (χ2n) is 5.79. The summed E-state index contributed by atoms with van der Waals surface area (Å²) in [6.07, 6.45) is 2.72. The number of nitrogens with one attached hydrogen (secondary N) is 1. The Bertz CT molecular complexity index is 350. The molecule has 2 unspecified atom stereocenters. The zero-order valence-electron chi connectivity index (χ0n) is 12.4. The molecule has 1 fully saturated rings. The number of nitrogens with zero attached hydrogens (tertiary/aromatic N) is 2. The van der Waals surface area contributed by atoms with Crippen LogP contribution in [0.2, 0.25) is 0 Å². The molecule has 108 valence electrons. The van der Waals surface area contributed by atoms with Gasteiger partial charge in [0.15, 0.2) is 0 Å². The van der Waals surface area contributed by atoms with E-state index in [0.717, 1.165) is 12.6 Å². The zero-order valence-corrected chi connectivity index (χ0v) is 13.2. The van der Waals surface area contributed by atoms with Crippen LogP contribution in [0.1, 0.15) is 30.7 Å². The Morgan fingerprint density at radius 2 is 2.37 bits per heavy atom. The second-order valence-corrected chi connectivity index (χ2v) is 6.76. The van der Waals surface area contributed by atoms with Crippen LogP contribution in [0.3, 0.4) is 0 Å². The smallest absolute Gasteiger partial charge is 0.0386 e. The topological polar surface area (TPSA) is 18.5 Å². The highest BCUT2D eigenvalue weighted by atomic mass is 32.1. The Hall–Kier alpha value is -0.420. The summed E-state index contributed by atoms with van der Waals surface area (Å²) in [4.78, 5) is 6.39. The summed E-state index contributed by atoms with van der Waals surface area (Å²) in [6.45, 7) is 6.98. The fraction of sp³-hybridized carbons (Fsp3) is 0.733. The maximum atomic E-state index is 3.64. The molecule has 0 spiro atoms. The number of rotatable bonds is 7. The lowest BCUT2D eigenvalue weighted by atomic mass is 10.2. The molecule has 19 heavy (non-hydrogen) atoms. The molecular weight excluding hydrogens is 254 g/mol. The SMILES string of the molecule is CC(NCCN1CCCC1CN(C)C)c1cccs1. The lowest BCUT2D eigenvalue weighted by Gasteiger charge is -2.27. The molecule has 0 amide bonds. The third kappa shape index (κ3) is 4.56. The van der Waals surface area contributed by atoms with Gasteiger partial charge in [0.25, 0.3) is 0 Å². The average Bonchev–Trinajstić information content (AvgIpc) is 3.00. The Labute approximate surface area is 121 Å². The second kappa shape index (κ2) is 7.39. The molecule has 0 saturated carbocycles. The summed E-state index contributed by atoms with van der Waals surface area (Å²) in [5.41, 5.74) is 0. The van der Waals surface area contributed by atoms with Gasteiger partial charge in [0.05, 0.1) is 0 Å². The highest BCUT2D eigenvalue weighted by Crippen LogP contribution is 2.19. The molecular formula is C15H27N3S. The van der Waals surface area contributed by atoms with Gasteiger partial charge in [-0.3, -0.25) is 4.90 Å². The van der Waals surface area contributed by atoms with E-state index in [0.29, 0.717) is 6.04 Å². The monoisotopic (exact) mass is 281 g/mol. The lowest BCUT2D eigenvalue weighted by molar-refractivity contribution is 0.207. The van der Waals surface area contributed by atoms with Gasteiger partial charge in [-0.05, 0) is 51.9 Å². The van der Waals surface area contributed by atoms with Crippen LogP contribution < -0.4 is 5.32 Å². The zero-order chi connectivity index (χ0) is 13.7. The van der Waals surface area contributed by atoms with Crippen LogP contribution in [-0.4, -0.2) is 56.1 Å². The Balaban J connectivity index is 1.70. The van der Waals surface area contributed by atoms with E-state index < -0.39 is 0 Å². The fourth-order valence-corrected chi connectivity index (χ4v) is 3.64. The van der Waals surface area contributed by atoms with Gasteiger partial charge in [-0.1, -0.05) is 6.07 Å². The summed E-state index contributed by atoms with van der Waals surface area (Å²) in [6, 6.07) is 5.59. The quantitative estimate of drug-likeness (QED) is 0.828. The van der Waals surface area contributed by atoms with Gasteiger partial charge >= 0.3 is 0 Å². The van der Waals surface area contributed by atoms with E-state index in [1.165, 1.54) is 37.4 Å². The molecule has 4 heteroatoms. The summed E-state index contributed by atoms with van der Waals surface area (Å²) >= 11 is 1.84. The minimum absolute atomic E-state index is 0.481. The van der Waals surface area contributed by atoms with Crippen molar-refractivity contribution in [3.05, 3.63) is 22.4 Å². The van der Waals surface area contributed by atoms with E-state index in [2.05, 4.69) is 53.6 Å². The van der Waals surface area contributed by atoms with E-state index in [1.54, 1.807) is 0 Å². The number of likely N-dealkylation sites (N-methyl/N-ethyl adjacent to an activating group) is 1. The molecule has 3 nitrogen and oxygen atoms in total. The van der Waals surface area contributed by atoms with Gasteiger partial charge in [-0.2, -0.15) is 0 Å². The van der Waals surface area contributed by atoms with Gasteiger partial charge < -0.3 is 10.2 Å². The molecule has 0 aromatic carbocycles. The first-order chi connectivity index (χ1) is 9.16. The first-order valence-electron chi connectivity index (χ1n) is 7.32. The van der Waals surface area contributed by atoms with Crippen molar-refractivity contribution in [2.24, 2.45) is 0 Å². The Kier molecular flexibility index (Phi) is 5.82. The van der Waals surface area contributed by atoms with Crippen LogP contribution >= 0.6 is 11.3 Å². The third-order valence-corrected chi connectivity index (χ3v) is 4.95. The van der Waals surface area contributed by atoms with E-state index in [4.69, 9.17) is 0 Å². The van der Waals surface area contributed by atoms with Gasteiger partial charge in [0.1, 0.15) is 0 Å². The molecule has 0 radical (unpaired) electrons. The molecule has 1 saturated heterocycles. The molecule has 2 atom stereocenters. The van der Waals surface area contributed by atoms with Gasteiger partial charge in [-0.25, -0.2) is 0 Å². The molecule has 0 bridgehead atoms. The summed E-state index contributed by atoms with van der Waals surface area (Å²) in [5, 5.41) is 5.79. The summed E-state index contributed by atoms with van der Waals surface area (Å²) < 4.78 is 0. The van der Waals surface area contributed by atoms with Crippen LogP contribution in [0, 0.1) is 0 Å². The van der Waals surface area contributed by atoms with Crippen LogP contribution in [0.4, 0.5) is 0 Å². The van der Waals surface area contributed by atoms with Crippen LogP contribution in [0.15, 0.2) is 17.5 Å². The van der Waals surface area contributed by atoms with Crippen molar-refractivity contribution >= 4 is 11.3 Å². The fourth-order valence-electron chi connectivity index (χ4n) is 2.88. The van der Waals surface area contributed by atoms with E-state index in [1.807, 2.05) is 11.3 Å². The van der Waals surface area contributed by atoms with Crippen molar-refractivity contribution in [3.63, 3.8) is 0 Å². The Morgan fingerprint density at radius 1 is 1.53 bits per heavy atom. The standard InChI is InChI=1S/C15H27N3S/c1-13(15-7-5-11-19-15)16-8-10-18-9-4-6-14(18)12-17(2)3/h5,7,11,13-14,16H,4,6,8-10,12H2,1-3H3. The van der Waals surface area contributed by atoms with Crippen LogP contribution in [0.25, 0.3) is 0 Å². The number of hydrogen-bond donors (Lipinski definition) is 1. The molecule has 1 aliphatic heterocycles. The van der Waals surface area contributed by atoms with E-state index in [-0.39, 0.29) is 0 Å². The number of likely N-dealkylation sites (tertiary alicyclic amines) is 1. The molecule has 1 N–H and O–H groups in total. The maximum Gasteiger partial charge on any atom is 0.0386 e. The molecule has 1 aliphatic rings. The van der Waals surface area contributed by atoms with Gasteiger partial charge in [0, 0.05) is 36.6 Å². The first kappa shape index (κ1) is 15.0. The average molecular weight is 281 g/mol. The molecule has 1 aromatic rings. The van der Waals surface area contributed by atoms with Crippen molar-refractivity contribution in [1.29, 1.82) is 0 Å². The van der Waals surface area contributed by atoms with Crippen molar-refractivity contribution in [2.45, 2.75) is 31.8 Å². The van der Waals surface area contributed by atoms with Gasteiger partial charge in [-0.15, -0.1) is 11.3 Å². The van der Waals surface area contributed by atoms with E-state index >= 15 is 0 Å². The summed E-state index contributed by atoms with van der Waals surface area (Å²) in [5.74, 6) is 0. The van der Waals surface area contributed by atoms with Crippen molar-refractivity contribution in [1.82, 2.24) is 15.1 Å². The summed E-state index contributed by atoms with van der Waals surface area (Å²) in [7, 11) is 4.35. The van der Waals surface area contributed by atoms with E-state index in [9.17, 15) is 0 Å². The van der Waals surface area contributed by atoms with Crippen molar-refractivity contribution < 1.29 is 0 Å². The highest BCUT2D eigenvalue weighted by molar-refractivity contribution is 7.10. The molecule has 0 aliphatic carbocycles. The van der Waals surface area contributed by atoms with Crippen LogP contribution in [0.5, 0.6) is 0 Å². The minimum atomic E-state index is 0.481. The number of hydrogen-bond acceptors (Lipinski definition) is 4. The molecule has 1 aromatic heterocycles. The predicted octanol–water partition coefficient (Wildman–Crippen LogP) is 2.42. The van der Waals surface area contributed by atoms with Crippen molar-refractivity contribution in [3.8, 4) is 0 Å². The van der Waals surface area contributed by atoms with Crippen LogP contribution in [-0.2, 0) is 0 Å². The largest absolute Gasteiger partial charge is 0.308 e. The highest BCUT2D eigenvalue weighted by Gasteiger charge is 2.24. The maximum absolute atomic E-state index is 3.64. The minimum Gasteiger partial charge on any atom is -0.308 e. The third-order valence-electron chi connectivity index (χ3n) is 3.89. The number of thiophene rings is 1. The first-order valence-corrected chi connectivity index (χ1v) is 8.20. The lowest BCUT2D eigenvalue weighted by Crippen LogP contribution is -2.41.